The Bertz CT molecular complexity index is 555. The zero-order valence-electron chi connectivity index (χ0n) is 10.8. The van der Waals surface area contributed by atoms with Gasteiger partial charge < -0.3 is 5.11 Å². The molecule has 1 aromatic carbocycles. The maximum atomic E-state index is 11.3. The van der Waals surface area contributed by atoms with Crippen molar-refractivity contribution in [1.29, 1.82) is 0 Å². The number of hydrogen-bond acceptors (Lipinski definition) is 3. The van der Waals surface area contributed by atoms with E-state index < -0.39 is 11.9 Å². The second-order valence-electron chi connectivity index (χ2n) is 4.60. The number of carboxylic acid groups (broad SMARTS) is 1. The van der Waals surface area contributed by atoms with Crippen molar-refractivity contribution in [3.8, 4) is 0 Å². The molecule has 0 spiro atoms. The number of aryl methyl sites for hydroxylation is 1. The second kappa shape index (κ2) is 6.09. The van der Waals surface area contributed by atoms with Crippen molar-refractivity contribution in [3.05, 3.63) is 59.7 Å². The third-order valence-corrected chi connectivity index (χ3v) is 2.96. The highest BCUT2D eigenvalue weighted by molar-refractivity contribution is 5.70. The predicted octanol–water partition coefficient (Wildman–Crippen LogP) is 2.27. The van der Waals surface area contributed by atoms with Gasteiger partial charge in [-0.3, -0.25) is 4.79 Å². The fourth-order valence-corrected chi connectivity index (χ4v) is 2.03. The van der Waals surface area contributed by atoms with Gasteiger partial charge in [-0.25, -0.2) is 9.97 Å². The Labute approximate surface area is 112 Å². The average Bonchev–Trinajstić information content (AvgIpc) is 2.39. The van der Waals surface area contributed by atoms with E-state index in [1.807, 2.05) is 31.2 Å². The van der Waals surface area contributed by atoms with E-state index in [0.29, 0.717) is 18.7 Å². The van der Waals surface area contributed by atoms with E-state index in [9.17, 15) is 9.90 Å². The Kier molecular flexibility index (Phi) is 4.23. The van der Waals surface area contributed by atoms with Crippen molar-refractivity contribution < 1.29 is 9.90 Å². The summed E-state index contributed by atoms with van der Waals surface area (Å²) in [6, 6.07) is 9.64. The molecule has 1 heterocycles. The van der Waals surface area contributed by atoms with Crippen LogP contribution in [0.4, 0.5) is 0 Å². The van der Waals surface area contributed by atoms with Crippen LogP contribution in [0.15, 0.2) is 42.7 Å². The molecule has 1 aromatic heterocycles. The van der Waals surface area contributed by atoms with Gasteiger partial charge in [-0.15, -0.1) is 0 Å². The number of carboxylic acids is 1. The van der Waals surface area contributed by atoms with Crippen LogP contribution in [-0.4, -0.2) is 21.0 Å². The maximum absolute atomic E-state index is 11.3. The molecule has 4 heteroatoms. The molecule has 0 amide bonds. The third kappa shape index (κ3) is 3.88. The number of hydrogen-bond donors (Lipinski definition) is 1. The number of carbonyl (C=O) groups is 1. The number of aromatic nitrogens is 2. The summed E-state index contributed by atoms with van der Waals surface area (Å²) in [6.45, 7) is 2.00. The van der Waals surface area contributed by atoms with E-state index in [1.54, 1.807) is 18.5 Å². The molecular weight excluding hydrogens is 240 g/mol. The molecule has 4 nitrogen and oxygen atoms in total. The zero-order valence-corrected chi connectivity index (χ0v) is 10.8. The van der Waals surface area contributed by atoms with Crippen LogP contribution in [0.2, 0.25) is 0 Å². The molecule has 0 aliphatic heterocycles. The largest absolute Gasteiger partial charge is 0.481 e. The summed E-state index contributed by atoms with van der Waals surface area (Å²) in [6.07, 6.45) is 4.11. The molecule has 1 atom stereocenters. The third-order valence-electron chi connectivity index (χ3n) is 2.96. The minimum atomic E-state index is -0.811. The smallest absolute Gasteiger partial charge is 0.307 e. The molecule has 19 heavy (non-hydrogen) atoms. The van der Waals surface area contributed by atoms with Crippen LogP contribution in [0.5, 0.6) is 0 Å². The van der Waals surface area contributed by atoms with Crippen LogP contribution < -0.4 is 0 Å². The summed E-state index contributed by atoms with van der Waals surface area (Å²) >= 11 is 0. The van der Waals surface area contributed by atoms with Gasteiger partial charge in [0.2, 0.25) is 0 Å². The lowest BCUT2D eigenvalue weighted by Gasteiger charge is -2.11. The Morgan fingerprint density at radius 3 is 2.58 bits per heavy atom. The second-order valence-corrected chi connectivity index (χ2v) is 4.60. The molecule has 98 valence electrons. The monoisotopic (exact) mass is 256 g/mol. The average molecular weight is 256 g/mol. The van der Waals surface area contributed by atoms with Crippen LogP contribution in [0.25, 0.3) is 0 Å². The lowest BCUT2D eigenvalue weighted by atomic mass is 9.95. The number of benzene rings is 1. The molecule has 2 rings (SSSR count). The van der Waals surface area contributed by atoms with Crippen molar-refractivity contribution in [1.82, 2.24) is 9.97 Å². The normalized spacial score (nSPS) is 12.1. The number of aliphatic carboxylic acids is 1. The fourth-order valence-electron chi connectivity index (χ4n) is 2.03. The van der Waals surface area contributed by atoms with E-state index in [1.165, 1.54) is 0 Å². The van der Waals surface area contributed by atoms with Gasteiger partial charge >= 0.3 is 5.97 Å². The van der Waals surface area contributed by atoms with Gasteiger partial charge in [-0.1, -0.05) is 29.8 Å². The minimum absolute atomic E-state index is 0.351. The minimum Gasteiger partial charge on any atom is -0.481 e. The van der Waals surface area contributed by atoms with Crippen LogP contribution in [0.1, 0.15) is 17.0 Å². The summed E-state index contributed by atoms with van der Waals surface area (Å²) in [5, 5.41) is 9.31. The van der Waals surface area contributed by atoms with E-state index in [0.717, 1.165) is 11.1 Å². The molecule has 0 saturated heterocycles. The van der Waals surface area contributed by atoms with Gasteiger partial charge in [0.25, 0.3) is 0 Å². The summed E-state index contributed by atoms with van der Waals surface area (Å²) < 4.78 is 0. The highest BCUT2D eigenvalue weighted by Gasteiger charge is 2.19. The molecule has 0 saturated carbocycles. The van der Waals surface area contributed by atoms with Gasteiger partial charge in [0, 0.05) is 18.8 Å². The lowest BCUT2D eigenvalue weighted by Crippen LogP contribution is -2.20. The molecule has 0 radical (unpaired) electrons. The summed E-state index contributed by atoms with van der Waals surface area (Å²) in [7, 11) is 0. The highest BCUT2D eigenvalue weighted by Crippen LogP contribution is 2.14. The van der Waals surface area contributed by atoms with Crippen molar-refractivity contribution in [2.24, 2.45) is 5.92 Å². The first-order chi connectivity index (χ1) is 9.15. The molecule has 0 fully saturated rings. The standard InChI is InChI=1S/C15H16N2O2/c1-11-4-2-5-12(8-11)9-13(15(18)19)10-14-16-6-3-7-17-14/h2-8,13H,9-10H2,1H3,(H,18,19). The summed E-state index contributed by atoms with van der Waals surface area (Å²) in [5.41, 5.74) is 2.17. The van der Waals surface area contributed by atoms with Crippen molar-refractivity contribution in [3.63, 3.8) is 0 Å². The van der Waals surface area contributed by atoms with Gasteiger partial charge in [-0.05, 0) is 25.0 Å². The first-order valence-electron chi connectivity index (χ1n) is 6.19. The van der Waals surface area contributed by atoms with E-state index in [-0.39, 0.29) is 0 Å². The SMILES string of the molecule is Cc1cccc(CC(Cc2ncccn2)C(=O)O)c1. The molecule has 0 aliphatic carbocycles. The van der Waals surface area contributed by atoms with Crippen LogP contribution in [0, 0.1) is 12.8 Å². The predicted molar refractivity (Wildman–Crippen MR) is 71.7 cm³/mol. The quantitative estimate of drug-likeness (QED) is 0.891. The molecular formula is C15H16N2O2. The van der Waals surface area contributed by atoms with Crippen LogP contribution in [-0.2, 0) is 17.6 Å². The Hall–Kier alpha value is -2.23. The summed E-state index contributed by atoms with van der Waals surface area (Å²) in [4.78, 5) is 19.5. The topological polar surface area (TPSA) is 63.1 Å². The molecule has 0 aliphatic rings. The summed E-state index contributed by atoms with van der Waals surface area (Å²) in [5.74, 6) is -0.735. The lowest BCUT2D eigenvalue weighted by molar-refractivity contribution is -0.141. The van der Waals surface area contributed by atoms with Crippen molar-refractivity contribution in [2.75, 3.05) is 0 Å². The Balaban J connectivity index is 2.11. The van der Waals surface area contributed by atoms with E-state index in [2.05, 4.69) is 9.97 Å². The molecule has 1 unspecified atom stereocenters. The zero-order chi connectivity index (χ0) is 13.7. The van der Waals surface area contributed by atoms with Gasteiger partial charge in [0.05, 0.1) is 5.92 Å². The molecule has 0 bridgehead atoms. The molecule has 1 N–H and O–H groups in total. The van der Waals surface area contributed by atoms with Crippen molar-refractivity contribution >= 4 is 5.97 Å². The first kappa shape index (κ1) is 13.2. The van der Waals surface area contributed by atoms with E-state index >= 15 is 0 Å². The van der Waals surface area contributed by atoms with Crippen LogP contribution in [0.3, 0.4) is 0 Å². The van der Waals surface area contributed by atoms with Gasteiger partial charge in [0.15, 0.2) is 0 Å². The number of nitrogens with zero attached hydrogens (tertiary/aromatic N) is 2. The van der Waals surface area contributed by atoms with Crippen LogP contribution >= 0.6 is 0 Å². The number of rotatable bonds is 5. The maximum Gasteiger partial charge on any atom is 0.307 e. The first-order valence-corrected chi connectivity index (χ1v) is 6.19. The Morgan fingerprint density at radius 1 is 1.21 bits per heavy atom. The Morgan fingerprint density at radius 2 is 1.95 bits per heavy atom. The fraction of sp³-hybridized carbons (Fsp3) is 0.267. The van der Waals surface area contributed by atoms with Gasteiger partial charge in [0.1, 0.15) is 5.82 Å². The van der Waals surface area contributed by atoms with E-state index in [4.69, 9.17) is 0 Å². The highest BCUT2D eigenvalue weighted by atomic mass is 16.4. The molecule has 2 aromatic rings. The van der Waals surface area contributed by atoms with Crippen molar-refractivity contribution in [2.45, 2.75) is 19.8 Å². The van der Waals surface area contributed by atoms with Gasteiger partial charge in [-0.2, -0.15) is 0 Å².